The first-order valence-electron chi connectivity index (χ1n) is 6.64. The van der Waals surface area contributed by atoms with E-state index in [-0.39, 0.29) is 0 Å². The summed E-state index contributed by atoms with van der Waals surface area (Å²) in [6, 6.07) is 9.16. The van der Waals surface area contributed by atoms with E-state index in [1.807, 2.05) is 0 Å². The van der Waals surface area contributed by atoms with Crippen LogP contribution >= 0.6 is 0 Å². The van der Waals surface area contributed by atoms with E-state index in [0.717, 1.165) is 18.4 Å². The number of aryl methyl sites for hydroxylation is 1. The van der Waals surface area contributed by atoms with E-state index in [1.54, 1.807) is 0 Å². The standard InChI is InChI=1S/C15H23N/c1-2-5-12-6-3-7-13(10-12)15-9-4-8-14(15)11-16/h3,6-7,10,14-15H,2,4-5,8-9,11,16H2,1H3. The van der Waals surface area contributed by atoms with E-state index >= 15 is 0 Å². The van der Waals surface area contributed by atoms with Gasteiger partial charge in [-0.2, -0.15) is 0 Å². The molecule has 1 aromatic carbocycles. The molecular weight excluding hydrogens is 194 g/mol. The van der Waals surface area contributed by atoms with Gasteiger partial charge in [-0.1, -0.05) is 44.0 Å². The van der Waals surface area contributed by atoms with Crippen LogP contribution in [0.4, 0.5) is 0 Å². The average Bonchev–Trinajstić information content (AvgIpc) is 2.78. The summed E-state index contributed by atoms with van der Waals surface area (Å²) in [5.41, 5.74) is 8.87. The van der Waals surface area contributed by atoms with Gasteiger partial charge in [-0.05, 0) is 48.8 Å². The van der Waals surface area contributed by atoms with Gasteiger partial charge in [-0.15, -0.1) is 0 Å². The first kappa shape index (κ1) is 11.7. The molecule has 2 atom stereocenters. The fourth-order valence-corrected chi connectivity index (χ4v) is 3.03. The van der Waals surface area contributed by atoms with Gasteiger partial charge < -0.3 is 5.73 Å². The lowest BCUT2D eigenvalue weighted by Crippen LogP contribution is -2.17. The second kappa shape index (κ2) is 5.49. The van der Waals surface area contributed by atoms with Gasteiger partial charge in [0.2, 0.25) is 0 Å². The maximum Gasteiger partial charge on any atom is -0.00430 e. The van der Waals surface area contributed by atoms with Crippen molar-refractivity contribution < 1.29 is 0 Å². The van der Waals surface area contributed by atoms with E-state index in [4.69, 9.17) is 5.73 Å². The van der Waals surface area contributed by atoms with Gasteiger partial charge in [-0.3, -0.25) is 0 Å². The summed E-state index contributed by atoms with van der Waals surface area (Å²) in [5.74, 6) is 1.44. The maximum absolute atomic E-state index is 5.86. The van der Waals surface area contributed by atoms with Crippen molar-refractivity contribution >= 4 is 0 Å². The third-order valence-corrected chi connectivity index (χ3v) is 3.88. The summed E-state index contributed by atoms with van der Waals surface area (Å²) in [6.07, 6.45) is 6.43. The average molecular weight is 217 g/mol. The molecule has 0 radical (unpaired) electrons. The SMILES string of the molecule is CCCc1cccc(C2CCCC2CN)c1. The molecule has 88 valence electrons. The van der Waals surface area contributed by atoms with Crippen LogP contribution in [0.15, 0.2) is 24.3 Å². The molecular formula is C15H23N. The van der Waals surface area contributed by atoms with Crippen LogP contribution in [0.2, 0.25) is 0 Å². The van der Waals surface area contributed by atoms with Crippen molar-refractivity contribution in [3.05, 3.63) is 35.4 Å². The molecule has 0 saturated heterocycles. The minimum Gasteiger partial charge on any atom is -0.330 e. The lowest BCUT2D eigenvalue weighted by Gasteiger charge is -2.19. The molecule has 0 spiro atoms. The van der Waals surface area contributed by atoms with Crippen LogP contribution < -0.4 is 5.73 Å². The Morgan fingerprint density at radius 1 is 1.31 bits per heavy atom. The van der Waals surface area contributed by atoms with Gasteiger partial charge in [0, 0.05) is 0 Å². The summed E-state index contributed by atoms with van der Waals surface area (Å²) >= 11 is 0. The van der Waals surface area contributed by atoms with Crippen molar-refractivity contribution in [2.75, 3.05) is 6.54 Å². The molecule has 0 bridgehead atoms. The topological polar surface area (TPSA) is 26.0 Å². The Kier molecular flexibility index (Phi) is 4.00. The molecule has 0 aromatic heterocycles. The molecule has 2 rings (SSSR count). The number of rotatable bonds is 4. The highest BCUT2D eigenvalue weighted by Gasteiger charge is 2.27. The van der Waals surface area contributed by atoms with Gasteiger partial charge in [0.15, 0.2) is 0 Å². The molecule has 0 aliphatic heterocycles. The predicted molar refractivity (Wildman–Crippen MR) is 69.6 cm³/mol. The van der Waals surface area contributed by atoms with Crippen LogP contribution in [0.25, 0.3) is 0 Å². The highest BCUT2D eigenvalue weighted by Crippen LogP contribution is 2.39. The van der Waals surface area contributed by atoms with Gasteiger partial charge in [0.25, 0.3) is 0 Å². The van der Waals surface area contributed by atoms with E-state index in [1.165, 1.54) is 43.2 Å². The Morgan fingerprint density at radius 3 is 2.94 bits per heavy atom. The van der Waals surface area contributed by atoms with E-state index < -0.39 is 0 Å². The Bertz CT molecular complexity index is 332. The molecule has 16 heavy (non-hydrogen) atoms. The van der Waals surface area contributed by atoms with Gasteiger partial charge in [-0.25, -0.2) is 0 Å². The quantitative estimate of drug-likeness (QED) is 0.821. The number of benzene rings is 1. The molecule has 2 unspecified atom stereocenters. The summed E-state index contributed by atoms with van der Waals surface area (Å²) in [7, 11) is 0. The highest BCUT2D eigenvalue weighted by atomic mass is 14.6. The molecule has 1 fully saturated rings. The maximum atomic E-state index is 5.86. The van der Waals surface area contributed by atoms with Crippen molar-refractivity contribution in [3.63, 3.8) is 0 Å². The third kappa shape index (κ3) is 2.46. The molecule has 1 aliphatic rings. The first-order chi connectivity index (χ1) is 7.85. The van der Waals surface area contributed by atoms with E-state index in [0.29, 0.717) is 0 Å². The van der Waals surface area contributed by atoms with Gasteiger partial charge >= 0.3 is 0 Å². The number of hydrogen-bond acceptors (Lipinski definition) is 1. The number of hydrogen-bond donors (Lipinski definition) is 1. The molecule has 0 heterocycles. The number of nitrogens with two attached hydrogens (primary N) is 1. The minimum absolute atomic E-state index is 0.719. The monoisotopic (exact) mass is 217 g/mol. The predicted octanol–water partition coefficient (Wildman–Crippen LogP) is 3.48. The molecule has 1 aromatic rings. The molecule has 1 saturated carbocycles. The van der Waals surface area contributed by atoms with Crippen LogP contribution in [0, 0.1) is 5.92 Å². The smallest absolute Gasteiger partial charge is 0.00430 e. The third-order valence-electron chi connectivity index (χ3n) is 3.88. The highest BCUT2D eigenvalue weighted by molar-refractivity contribution is 5.28. The Morgan fingerprint density at radius 2 is 2.19 bits per heavy atom. The second-order valence-corrected chi connectivity index (χ2v) is 5.03. The molecule has 1 aliphatic carbocycles. The fourth-order valence-electron chi connectivity index (χ4n) is 3.03. The molecule has 1 heteroatoms. The zero-order valence-corrected chi connectivity index (χ0v) is 10.3. The Balaban J connectivity index is 2.16. The lowest BCUT2D eigenvalue weighted by molar-refractivity contribution is 0.496. The molecule has 2 N–H and O–H groups in total. The summed E-state index contributed by atoms with van der Waals surface area (Å²) in [6.45, 7) is 3.09. The van der Waals surface area contributed by atoms with Crippen LogP contribution in [-0.2, 0) is 6.42 Å². The van der Waals surface area contributed by atoms with Crippen molar-refractivity contribution in [1.29, 1.82) is 0 Å². The van der Waals surface area contributed by atoms with Crippen LogP contribution in [0.5, 0.6) is 0 Å². The fraction of sp³-hybridized carbons (Fsp3) is 0.600. The van der Waals surface area contributed by atoms with E-state index in [9.17, 15) is 0 Å². The molecule has 0 amide bonds. The zero-order valence-electron chi connectivity index (χ0n) is 10.3. The second-order valence-electron chi connectivity index (χ2n) is 5.03. The first-order valence-corrected chi connectivity index (χ1v) is 6.64. The van der Waals surface area contributed by atoms with Crippen molar-refractivity contribution in [2.45, 2.75) is 44.9 Å². The minimum atomic E-state index is 0.719. The van der Waals surface area contributed by atoms with Gasteiger partial charge in [0.05, 0.1) is 0 Å². The Hall–Kier alpha value is -0.820. The van der Waals surface area contributed by atoms with Crippen LogP contribution in [0.1, 0.15) is 49.7 Å². The van der Waals surface area contributed by atoms with Gasteiger partial charge in [0.1, 0.15) is 0 Å². The lowest BCUT2D eigenvalue weighted by atomic mass is 9.88. The summed E-state index contributed by atoms with van der Waals surface area (Å²) in [5, 5.41) is 0. The van der Waals surface area contributed by atoms with E-state index in [2.05, 4.69) is 31.2 Å². The van der Waals surface area contributed by atoms with Crippen molar-refractivity contribution in [2.24, 2.45) is 11.7 Å². The van der Waals surface area contributed by atoms with Crippen LogP contribution in [-0.4, -0.2) is 6.54 Å². The zero-order chi connectivity index (χ0) is 11.4. The largest absolute Gasteiger partial charge is 0.330 e. The molecule has 1 nitrogen and oxygen atoms in total. The van der Waals surface area contributed by atoms with Crippen LogP contribution in [0.3, 0.4) is 0 Å². The van der Waals surface area contributed by atoms with Crippen molar-refractivity contribution in [3.8, 4) is 0 Å². The normalized spacial score (nSPS) is 24.9. The summed E-state index contributed by atoms with van der Waals surface area (Å²) in [4.78, 5) is 0. The summed E-state index contributed by atoms with van der Waals surface area (Å²) < 4.78 is 0. The Labute approximate surface area is 99.0 Å². The van der Waals surface area contributed by atoms with Crippen molar-refractivity contribution in [1.82, 2.24) is 0 Å².